The molecule has 0 aromatic carbocycles. The number of nitrogens with two attached hydrogens (primary N) is 1. The van der Waals surface area contributed by atoms with Gasteiger partial charge in [-0.1, -0.05) is 0 Å². The molecule has 0 aliphatic carbocycles. The zero-order valence-electron chi connectivity index (χ0n) is 9.54. The van der Waals surface area contributed by atoms with Gasteiger partial charge >= 0.3 is 5.97 Å². The van der Waals surface area contributed by atoms with Gasteiger partial charge in [-0.3, -0.25) is 4.79 Å². The maximum atomic E-state index is 11.0. The predicted molar refractivity (Wildman–Crippen MR) is 61.2 cm³/mol. The van der Waals surface area contributed by atoms with Crippen LogP contribution in [-0.2, 0) is 9.53 Å². The maximum absolute atomic E-state index is 11.0. The number of hydrogen-bond acceptors (Lipinski definition) is 5. The van der Waals surface area contributed by atoms with Crippen molar-refractivity contribution < 1.29 is 9.53 Å². The van der Waals surface area contributed by atoms with E-state index in [2.05, 4.69) is 14.8 Å². The van der Waals surface area contributed by atoms with Crippen molar-refractivity contribution in [1.82, 2.24) is 14.6 Å². The molecule has 6 heteroatoms. The van der Waals surface area contributed by atoms with Crippen LogP contribution in [0.4, 0.5) is 0 Å². The van der Waals surface area contributed by atoms with Crippen LogP contribution in [0.1, 0.15) is 24.4 Å². The minimum Gasteiger partial charge on any atom is -0.469 e. The molecule has 0 radical (unpaired) electrons. The van der Waals surface area contributed by atoms with E-state index in [0.29, 0.717) is 12.8 Å². The molecule has 6 nitrogen and oxygen atoms in total. The van der Waals surface area contributed by atoms with Crippen LogP contribution in [0, 0.1) is 0 Å². The number of rotatable bonds is 4. The second-order valence-corrected chi connectivity index (χ2v) is 3.74. The highest BCUT2D eigenvalue weighted by atomic mass is 16.5. The molecular weight excluding hydrogens is 220 g/mol. The lowest BCUT2D eigenvalue weighted by atomic mass is 10.1. The lowest BCUT2D eigenvalue weighted by Gasteiger charge is -2.10. The third-order valence-corrected chi connectivity index (χ3v) is 2.58. The highest BCUT2D eigenvalue weighted by Gasteiger charge is 2.10. The molecule has 1 unspecified atom stereocenters. The molecule has 0 aliphatic rings. The van der Waals surface area contributed by atoms with E-state index in [-0.39, 0.29) is 12.0 Å². The molecule has 0 amide bonds. The Kier molecular flexibility index (Phi) is 3.34. The van der Waals surface area contributed by atoms with Crippen LogP contribution in [-0.4, -0.2) is 27.7 Å². The Morgan fingerprint density at radius 3 is 3.24 bits per heavy atom. The molecule has 0 spiro atoms. The van der Waals surface area contributed by atoms with Crippen LogP contribution in [0.15, 0.2) is 24.7 Å². The van der Waals surface area contributed by atoms with Crippen molar-refractivity contribution in [2.45, 2.75) is 18.9 Å². The van der Waals surface area contributed by atoms with Crippen LogP contribution in [0.3, 0.4) is 0 Å². The molecule has 17 heavy (non-hydrogen) atoms. The first kappa shape index (κ1) is 11.5. The summed E-state index contributed by atoms with van der Waals surface area (Å²) in [5.41, 5.74) is 7.59. The molecule has 2 rings (SSSR count). The fourth-order valence-electron chi connectivity index (χ4n) is 1.56. The Labute approximate surface area is 98.4 Å². The van der Waals surface area contributed by atoms with Gasteiger partial charge in [-0.05, 0) is 6.42 Å². The monoisotopic (exact) mass is 234 g/mol. The highest BCUT2D eigenvalue weighted by Crippen LogP contribution is 2.15. The van der Waals surface area contributed by atoms with E-state index in [1.165, 1.54) is 7.11 Å². The second-order valence-electron chi connectivity index (χ2n) is 3.74. The van der Waals surface area contributed by atoms with Gasteiger partial charge in [0.2, 0.25) is 0 Å². The number of carbonyl (C=O) groups is 1. The van der Waals surface area contributed by atoms with E-state index in [0.717, 1.165) is 11.2 Å². The first-order valence-electron chi connectivity index (χ1n) is 5.32. The van der Waals surface area contributed by atoms with E-state index < -0.39 is 0 Å². The summed E-state index contributed by atoms with van der Waals surface area (Å²) in [4.78, 5) is 15.2. The van der Waals surface area contributed by atoms with Gasteiger partial charge < -0.3 is 10.5 Å². The van der Waals surface area contributed by atoms with Gasteiger partial charge in [-0.25, -0.2) is 9.50 Å². The van der Waals surface area contributed by atoms with Crippen LogP contribution in [0.2, 0.25) is 0 Å². The normalized spacial score (nSPS) is 12.6. The maximum Gasteiger partial charge on any atom is 0.305 e. The molecule has 0 aliphatic heterocycles. The van der Waals surface area contributed by atoms with Gasteiger partial charge in [-0.2, -0.15) is 5.10 Å². The molecule has 90 valence electrons. The standard InChI is InChI=1S/C11H14N4O2/c1-17-11(16)3-2-9(12)8-6-13-10-4-5-14-15(10)7-8/h4-7,9H,2-3,12H2,1H3. The summed E-state index contributed by atoms with van der Waals surface area (Å²) >= 11 is 0. The minimum absolute atomic E-state index is 0.241. The highest BCUT2D eigenvalue weighted by molar-refractivity contribution is 5.69. The van der Waals surface area contributed by atoms with Gasteiger partial charge in [-0.15, -0.1) is 0 Å². The lowest BCUT2D eigenvalue weighted by Crippen LogP contribution is -2.14. The Balaban J connectivity index is 2.07. The van der Waals surface area contributed by atoms with Gasteiger partial charge in [0.15, 0.2) is 5.65 Å². The summed E-state index contributed by atoms with van der Waals surface area (Å²) in [5, 5.41) is 4.08. The number of esters is 1. The molecule has 2 N–H and O–H groups in total. The van der Waals surface area contributed by atoms with Gasteiger partial charge in [0.05, 0.1) is 13.3 Å². The fraction of sp³-hybridized carbons (Fsp3) is 0.364. The Morgan fingerprint density at radius 2 is 2.47 bits per heavy atom. The quantitative estimate of drug-likeness (QED) is 0.787. The number of methoxy groups -OCH3 is 1. The second kappa shape index (κ2) is 4.92. The molecular formula is C11H14N4O2. The number of nitrogens with zero attached hydrogens (tertiary/aromatic N) is 3. The summed E-state index contributed by atoms with van der Waals surface area (Å²) in [6.45, 7) is 0. The Morgan fingerprint density at radius 1 is 1.65 bits per heavy atom. The summed E-state index contributed by atoms with van der Waals surface area (Å²) in [6.07, 6.45) is 6.03. The first-order valence-corrected chi connectivity index (χ1v) is 5.32. The average molecular weight is 234 g/mol. The third kappa shape index (κ3) is 2.59. The van der Waals surface area contributed by atoms with Crippen molar-refractivity contribution in [3.05, 3.63) is 30.2 Å². The number of carbonyl (C=O) groups excluding carboxylic acids is 1. The van der Waals surface area contributed by atoms with E-state index >= 15 is 0 Å². The summed E-state index contributed by atoms with van der Waals surface area (Å²) in [6, 6.07) is 1.57. The van der Waals surface area contributed by atoms with Crippen molar-refractivity contribution in [2.75, 3.05) is 7.11 Å². The smallest absolute Gasteiger partial charge is 0.305 e. The molecule has 2 heterocycles. The van der Waals surface area contributed by atoms with Gasteiger partial charge in [0.1, 0.15) is 0 Å². The third-order valence-electron chi connectivity index (χ3n) is 2.58. The van der Waals surface area contributed by atoms with Gasteiger partial charge in [0, 0.05) is 36.5 Å². The molecule has 0 fully saturated rings. The van der Waals surface area contributed by atoms with Crippen molar-refractivity contribution >= 4 is 11.6 Å². The van der Waals surface area contributed by atoms with E-state index in [1.807, 2.05) is 12.3 Å². The molecule has 1 atom stereocenters. The molecule has 0 saturated carbocycles. The average Bonchev–Trinajstić information content (AvgIpc) is 2.82. The molecule has 0 saturated heterocycles. The Bertz CT molecular complexity index is 523. The minimum atomic E-state index is -0.256. The molecule has 2 aromatic heterocycles. The van der Waals surface area contributed by atoms with E-state index in [9.17, 15) is 4.79 Å². The summed E-state index contributed by atoms with van der Waals surface area (Å²) < 4.78 is 6.23. The van der Waals surface area contributed by atoms with Crippen molar-refractivity contribution in [3.63, 3.8) is 0 Å². The zero-order chi connectivity index (χ0) is 12.3. The van der Waals surface area contributed by atoms with Gasteiger partial charge in [0.25, 0.3) is 0 Å². The SMILES string of the molecule is COC(=O)CCC(N)c1cnc2ccnn2c1. The number of hydrogen-bond donors (Lipinski definition) is 1. The predicted octanol–water partition coefficient (Wildman–Crippen LogP) is 0.682. The van der Waals surface area contributed by atoms with E-state index in [1.54, 1.807) is 16.9 Å². The summed E-state index contributed by atoms with van der Waals surface area (Å²) in [7, 11) is 1.37. The molecule has 0 bridgehead atoms. The van der Waals surface area contributed by atoms with Crippen LogP contribution >= 0.6 is 0 Å². The summed E-state index contributed by atoms with van der Waals surface area (Å²) in [5.74, 6) is -0.256. The van der Waals surface area contributed by atoms with Crippen molar-refractivity contribution in [1.29, 1.82) is 0 Å². The van der Waals surface area contributed by atoms with E-state index in [4.69, 9.17) is 5.73 Å². The zero-order valence-corrected chi connectivity index (χ0v) is 9.54. The largest absolute Gasteiger partial charge is 0.469 e. The first-order chi connectivity index (χ1) is 8.20. The van der Waals surface area contributed by atoms with Crippen molar-refractivity contribution in [3.8, 4) is 0 Å². The Hall–Kier alpha value is -1.95. The number of ether oxygens (including phenoxy) is 1. The lowest BCUT2D eigenvalue weighted by molar-refractivity contribution is -0.140. The van der Waals surface area contributed by atoms with Crippen LogP contribution in [0.5, 0.6) is 0 Å². The number of fused-ring (bicyclic) bond motifs is 1. The number of aromatic nitrogens is 3. The van der Waals surface area contributed by atoms with Crippen LogP contribution in [0.25, 0.3) is 5.65 Å². The topological polar surface area (TPSA) is 82.5 Å². The molecule has 2 aromatic rings. The van der Waals surface area contributed by atoms with Crippen molar-refractivity contribution in [2.24, 2.45) is 5.73 Å². The fourth-order valence-corrected chi connectivity index (χ4v) is 1.56. The van der Waals surface area contributed by atoms with Crippen LogP contribution < -0.4 is 5.73 Å².